The van der Waals surface area contributed by atoms with Crippen LogP contribution in [0.1, 0.15) is 19.4 Å². The Morgan fingerprint density at radius 1 is 1.32 bits per heavy atom. The normalized spacial score (nSPS) is 25.2. The maximum atomic E-state index is 13.8. The Bertz CT molecular complexity index is 399. The van der Waals surface area contributed by atoms with Gasteiger partial charge in [-0.05, 0) is 24.6 Å². The molecule has 3 unspecified atom stereocenters. The van der Waals surface area contributed by atoms with Crippen LogP contribution >= 0.6 is 23.5 Å². The Morgan fingerprint density at radius 3 is 2.74 bits per heavy atom. The molecule has 1 nitrogen and oxygen atoms in total. The summed E-state index contributed by atoms with van der Waals surface area (Å²) in [6.45, 7) is 5.36. The molecule has 0 aromatic heterocycles. The number of nitrogens with one attached hydrogen (secondary N) is 1. The highest BCUT2D eigenvalue weighted by molar-refractivity contribution is 8.07. The standard InChI is InChI=1S/C15H22FNS2/c1-3-17-14(15-11(2)18-8-9-19-15)10-12-6-4-5-7-13(12)16/h4-7,11,14-15,17H,3,8-10H2,1-2H3. The van der Waals surface area contributed by atoms with Gasteiger partial charge in [0.2, 0.25) is 0 Å². The van der Waals surface area contributed by atoms with Gasteiger partial charge in [0, 0.05) is 28.0 Å². The van der Waals surface area contributed by atoms with Crippen LogP contribution in [0.5, 0.6) is 0 Å². The SMILES string of the molecule is CCNC(Cc1ccccc1F)C1SCCSC1C. The first-order chi connectivity index (χ1) is 9.22. The summed E-state index contributed by atoms with van der Waals surface area (Å²) in [6.07, 6.45) is 0.781. The summed E-state index contributed by atoms with van der Waals surface area (Å²) >= 11 is 4.08. The van der Waals surface area contributed by atoms with Crippen molar-refractivity contribution in [2.45, 2.75) is 36.8 Å². The number of rotatable bonds is 5. The molecule has 0 radical (unpaired) electrons. The highest BCUT2D eigenvalue weighted by Crippen LogP contribution is 2.34. The number of benzene rings is 1. The average molecular weight is 299 g/mol. The lowest BCUT2D eigenvalue weighted by atomic mass is 10.0. The molecule has 0 saturated carbocycles. The van der Waals surface area contributed by atoms with Gasteiger partial charge in [-0.15, -0.1) is 0 Å². The molecule has 1 saturated heterocycles. The summed E-state index contributed by atoms with van der Waals surface area (Å²) in [5.41, 5.74) is 0.830. The predicted octanol–water partition coefficient (Wildman–Crippen LogP) is 3.58. The lowest BCUT2D eigenvalue weighted by Gasteiger charge is -2.35. The van der Waals surface area contributed by atoms with Crippen molar-refractivity contribution in [1.82, 2.24) is 5.32 Å². The van der Waals surface area contributed by atoms with Crippen molar-refractivity contribution in [3.8, 4) is 0 Å². The molecule has 3 atom stereocenters. The molecule has 1 aromatic carbocycles. The summed E-state index contributed by atoms with van der Waals surface area (Å²) in [5, 5.41) is 4.76. The van der Waals surface area contributed by atoms with Gasteiger partial charge < -0.3 is 5.32 Å². The van der Waals surface area contributed by atoms with E-state index in [0.29, 0.717) is 16.5 Å². The van der Waals surface area contributed by atoms with E-state index in [2.05, 4.69) is 19.2 Å². The summed E-state index contributed by atoms with van der Waals surface area (Å²) in [5.74, 6) is 2.37. The quantitative estimate of drug-likeness (QED) is 0.892. The van der Waals surface area contributed by atoms with Crippen molar-refractivity contribution in [2.75, 3.05) is 18.1 Å². The minimum absolute atomic E-state index is 0.0773. The molecule has 2 rings (SSSR count). The van der Waals surface area contributed by atoms with Gasteiger partial charge in [0.25, 0.3) is 0 Å². The van der Waals surface area contributed by atoms with Crippen molar-refractivity contribution in [1.29, 1.82) is 0 Å². The molecule has 1 N–H and O–H groups in total. The van der Waals surface area contributed by atoms with Crippen LogP contribution < -0.4 is 5.32 Å². The molecule has 1 heterocycles. The van der Waals surface area contributed by atoms with Gasteiger partial charge in [0.05, 0.1) is 0 Å². The second-order valence-corrected chi connectivity index (χ2v) is 7.64. The van der Waals surface area contributed by atoms with Gasteiger partial charge in [0.1, 0.15) is 5.82 Å². The van der Waals surface area contributed by atoms with Crippen LogP contribution in [-0.4, -0.2) is 34.6 Å². The van der Waals surface area contributed by atoms with Crippen molar-refractivity contribution in [3.63, 3.8) is 0 Å². The summed E-state index contributed by atoms with van der Waals surface area (Å²) in [6, 6.07) is 7.51. The van der Waals surface area contributed by atoms with Crippen molar-refractivity contribution in [3.05, 3.63) is 35.6 Å². The Kier molecular flexibility index (Phi) is 6.05. The van der Waals surface area contributed by atoms with Crippen LogP contribution in [0.15, 0.2) is 24.3 Å². The lowest BCUT2D eigenvalue weighted by Crippen LogP contribution is -2.45. The smallest absolute Gasteiger partial charge is 0.126 e. The van der Waals surface area contributed by atoms with Gasteiger partial charge in [-0.3, -0.25) is 0 Å². The van der Waals surface area contributed by atoms with Crippen LogP contribution in [0.2, 0.25) is 0 Å². The molecule has 0 aliphatic carbocycles. The van der Waals surface area contributed by atoms with Gasteiger partial charge in [-0.1, -0.05) is 32.0 Å². The minimum Gasteiger partial charge on any atom is -0.313 e. The molecule has 1 fully saturated rings. The highest BCUT2D eigenvalue weighted by Gasteiger charge is 2.30. The summed E-state index contributed by atoms with van der Waals surface area (Å²) in [4.78, 5) is 0. The highest BCUT2D eigenvalue weighted by atomic mass is 32.2. The predicted molar refractivity (Wildman–Crippen MR) is 85.7 cm³/mol. The van der Waals surface area contributed by atoms with E-state index in [1.54, 1.807) is 12.1 Å². The zero-order valence-electron chi connectivity index (χ0n) is 11.6. The molecular formula is C15H22FNS2. The summed E-state index contributed by atoms with van der Waals surface area (Å²) < 4.78 is 13.8. The first-order valence-corrected chi connectivity index (χ1v) is 9.02. The number of halogens is 1. The van der Waals surface area contributed by atoms with Crippen molar-refractivity contribution in [2.24, 2.45) is 0 Å². The molecule has 1 aromatic rings. The molecule has 1 aliphatic rings. The molecule has 0 amide bonds. The lowest BCUT2D eigenvalue weighted by molar-refractivity contribution is 0.488. The van der Waals surface area contributed by atoms with E-state index in [0.717, 1.165) is 18.5 Å². The van der Waals surface area contributed by atoms with Crippen molar-refractivity contribution < 1.29 is 4.39 Å². The number of hydrogen-bond donors (Lipinski definition) is 1. The third-order valence-electron chi connectivity index (χ3n) is 3.50. The molecule has 0 spiro atoms. The van der Waals surface area contributed by atoms with E-state index in [1.807, 2.05) is 35.7 Å². The minimum atomic E-state index is -0.0773. The largest absolute Gasteiger partial charge is 0.313 e. The number of thioether (sulfide) groups is 2. The van der Waals surface area contributed by atoms with Crippen molar-refractivity contribution >= 4 is 23.5 Å². The number of hydrogen-bond acceptors (Lipinski definition) is 3. The second-order valence-electron chi connectivity index (χ2n) is 4.87. The van der Waals surface area contributed by atoms with Gasteiger partial charge in [-0.25, -0.2) is 4.39 Å². The van der Waals surface area contributed by atoms with Gasteiger partial charge >= 0.3 is 0 Å². The van der Waals surface area contributed by atoms with Crippen LogP contribution in [0, 0.1) is 5.82 Å². The van der Waals surface area contributed by atoms with Gasteiger partial charge in [0.15, 0.2) is 0 Å². The molecule has 106 valence electrons. The zero-order valence-corrected chi connectivity index (χ0v) is 13.2. The fraction of sp³-hybridized carbons (Fsp3) is 0.600. The van der Waals surface area contributed by atoms with E-state index < -0.39 is 0 Å². The first kappa shape index (κ1) is 15.2. The van der Waals surface area contributed by atoms with E-state index in [-0.39, 0.29) is 5.82 Å². The van der Waals surface area contributed by atoms with Crippen LogP contribution in [0.25, 0.3) is 0 Å². The average Bonchev–Trinajstić information content (AvgIpc) is 2.41. The van der Waals surface area contributed by atoms with E-state index >= 15 is 0 Å². The molecule has 19 heavy (non-hydrogen) atoms. The van der Waals surface area contributed by atoms with Gasteiger partial charge in [-0.2, -0.15) is 23.5 Å². The maximum absolute atomic E-state index is 13.8. The molecule has 0 bridgehead atoms. The molecule has 4 heteroatoms. The van der Waals surface area contributed by atoms with E-state index in [9.17, 15) is 4.39 Å². The molecular weight excluding hydrogens is 277 g/mol. The zero-order chi connectivity index (χ0) is 13.7. The van der Waals surface area contributed by atoms with E-state index in [1.165, 1.54) is 11.5 Å². The Hall–Kier alpha value is -0.190. The summed E-state index contributed by atoms with van der Waals surface area (Å²) in [7, 11) is 0. The monoisotopic (exact) mass is 299 g/mol. The van der Waals surface area contributed by atoms with Crippen LogP contribution in [0.4, 0.5) is 4.39 Å². The van der Waals surface area contributed by atoms with E-state index in [4.69, 9.17) is 0 Å². The fourth-order valence-electron chi connectivity index (χ4n) is 2.56. The fourth-order valence-corrected chi connectivity index (χ4v) is 5.52. The first-order valence-electron chi connectivity index (χ1n) is 6.92. The Balaban J connectivity index is 2.09. The second kappa shape index (κ2) is 7.55. The maximum Gasteiger partial charge on any atom is 0.126 e. The topological polar surface area (TPSA) is 12.0 Å². The Morgan fingerprint density at radius 2 is 2.05 bits per heavy atom. The number of likely N-dealkylation sites (N-methyl/N-ethyl adjacent to an activating group) is 1. The third kappa shape index (κ3) is 4.14. The third-order valence-corrected chi connectivity index (χ3v) is 6.75. The van der Waals surface area contributed by atoms with Crippen LogP contribution in [0.3, 0.4) is 0 Å². The molecule has 1 aliphatic heterocycles. The van der Waals surface area contributed by atoms with Crippen LogP contribution in [-0.2, 0) is 6.42 Å². The Labute approximate surface area is 124 Å².